The van der Waals surface area contributed by atoms with Crippen molar-refractivity contribution in [2.24, 2.45) is 5.73 Å². The molecular weight excluding hydrogens is 456 g/mol. The second-order valence-corrected chi connectivity index (χ2v) is 8.29. The van der Waals surface area contributed by atoms with Crippen LogP contribution in [0.3, 0.4) is 0 Å². The first-order chi connectivity index (χ1) is 15.5. The van der Waals surface area contributed by atoms with Crippen LogP contribution in [0.2, 0.25) is 0 Å². The lowest BCUT2D eigenvalue weighted by Gasteiger charge is -2.24. The second-order valence-electron chi connectivity index (χ2n) is 7.31. The van der Waals surface area contributed by atoms with E-state index in [1.165, 1.54) is 31.2 Å². The van der Waals surface area contributed by atoms with Crippen molar-refractivity contribution in [1.29, 1.82) is 0 Å². The Morgan fingerprint density at radius 2 is 1.64 bits per heavy atom. The Morgan fingerprint density at radius 3 is 2.15 bits per heavy atom. The van der Waals surface area contributed by atoms with Crippen LogP contribution in [0.5, 0.6) is 0 Å². The topological polar surface area (TPSA) is 217 Å². The van der Waals surface area contributed by atoms with Crippen LogP contribution in [-0.2, 0) is 30.4 Å². The van der Waals surface area contributed by atoms with Crippen LogP contribution in [-0.4, -0.2) is 86.0 Å². The molecule has 1 aromatic rings. The number of carbonyl (C=O) groups excluding carboxylic acids is 3. The summed E-state index contributed by atoms with van der Waals surface area (Å²) in [6.45, 7) is 1.43. The zero-order chi connectivity index (χ0) is 25.0. The first-order valence-electron chi connectivity index (χ1n) is 10.1. The number of hydrogen-bond donors (Lipinski definition) is 7. The smallest absolute Gasteiger partial charge is 0.326 e. The number of nitrogens with zero attached hydrogens (tertiary/aromatic N) is 1. The highest BCUT2D eigenvalue weighted by molar-refractivity contribution is 7.98. The minimum Gasteiger partial charge on any atom is -0.481 e. The van der Waals surface area contributed by atoms with Crippen LogP contribution in [0.25, 0.3) is 0 Å². The zero-order valence-corrected chi connectivity index (χ0v) is 19.2. The van der Waals surface area contributed by atoms with Gasteiger partial charge in [-0.15, -0.1) is 0 Å². The number of aromatic nitrogens is 2. The average Bonchev–Trinajstić information content (AvgIpc) is 3.25. The summed E-state index contributed by atoms with van der Waals surface area (Å²) >= 11 is 1.40. The molecule has 8 N–H and O–H groups in total. The van der Waals surface area contributed by atoms with Crippen molar-refractivity contribution in [3.05, 3.63) is 18.2 Å². The third kappa shape index (κ3) is 10.4. The lowest BCUT2D eigenvalue weighted by atomic mass is 10.1. The van der Waals surface area contributed by atoms with Gasteiger partial charge < -0.3 is 36.9 Å². The number of carboxylic acid groups (broad SMARTS) is 2. The fourth-order valence-corrected chi connectivity index (χ4v) is 3.17. The quantitative estimate of drug-likeness (QED) is 0.151. The van der Waals surface area contributed by atoms with E-state index in [0.29, 0.717) is 11.4 Å². The number of rotatable bonds is 15. The Kier molecular flexibility index (Phi) is 11.9. The third-order valence-corrected chi connectivity index (χ3v) is 5.17. The fourth-order valence-electron chi connectivity index (χ4n) is 2.70. The maximum atomic E-state index is 12.9. The van der Waals surface area contributed by atoms with E-state index in [9.17, 15) is 29.1 Å². The number of thioether (sulfide) groups is 1. The monoisotopic (exact) mass is 486 g/mol. The van der Waals surface area contributed by atoms with Crippen LogP contribution < -0.4 is 21.7 Å². The molecule has 0 aliphatic rings. The van der Waals surface area contributed by atoms with Gasteiger partial charge in [0.05, 0.1) is 12.4 Å². The maximum absolute atomic E-state index is 12.9. The molecule has 4 atom stereocenters. The molecule has 33 heavy (non-hydrogen) atoms. The van der Waals surface area contributed by atoms with E-state index >= 15 is 0 Å². The van der Waals surface area contributed by atoms with Crippen LogP contribution in [0.1, 0.15) is 31.9 Å². The number of hydrogen-bond acceptors (Lipinski definition) is 8. The molecule has 4 unspecified atom stereocenters. The Bertz CT molecular complexity index is 818. The molecule has 0 aliphatic carbocycles. The Morgan fingerprint density at radius 1 is 1.03 bits per heavy atom. The first-order valence-corrected chi connectivity index (χ1v) is 11.5. The number of nitrogens with one attached hydrogen (secondary N) is 4. The van der Waals surface area contributed by atoms with E-state index in [0.717, 1.165) is 0 Å². The Labute approximate surface area is 194 Å². The van der Waals surface area contributed by atoms with E-state index in [-0.39, 0.29) is 19.3 Å². The largest absolute Gasteiger partial charge is 0.481 e. The summed E-state index contributed by atoms with van der Waals surface area (Å²) in [6.07, 6.45) is 4.06. The number of nitrogens with two attached hydrogens (primary N) is 1. The molecule has 0 spiro atoms. The van der Waals surface area contributed by atoms with Crippen molar-refractivity contribution in [3.8, 4) is 0 Å². The summed E-state index contributed by atoms with van der Waals surface area (Å²) in [5, 5.41) is 25.6. The molecule has 0 saturated carbocycles. The highest BCUT2D eigenvalue weighted by Gasteiger charge is 2.30. The molecule has 1 aromatic heterocycles. The average molecular weight is 487 g/mol. The van der Waals surface area contributed by atoms with E-state index in [1.807, 2.05) is 0 Å². The van der Waals surface area contributed by atoms with E-state index in [1.54, 1.807) is 6.26 Å². The van der Waals surface area contributed by atoms with Gasteiger partial charge in [0.2, 0.25) is 17.7 Å². The van der Waals surface area contributed by atoms with Gasteiger partial charge in [-0.3, -0.25) is 19.2 Å². The first kappa shape index (κ1) is 27.9. The molecule has 0 fully saturated rings. The summed E-state index contributed by atoms with van der Waals surface area (Å²) < 4.78 is 0. The molecule has 3 amide bonds. The fraction of sp³-hybridized carbons (Fsp3) is 0.579. The predicted molar refractivity (Wildman–Crippen MR) is 119 cm³/mol. The van der Waals surface area contributed by atoms with Gasteiger partial charge >= 0.3 is 11.9 Å². The van der Waals surface area contributed by atoms with Gasteiger partial charge in [0, 0.05) is 24.7 Å². The van der Waals surface area contributed by atoms with Crippen molar-refractivity contribution in [2.45, 2.75) is 56.8 Å². The van der Waals surface area contributed by atoms with Crippen molar-refractivity contribution in [3.63, 3.8) is 0 Å². The van der Waals surface area contributed by atoms with Gasteiger partial charge in [-0.1, -0.05) is 0 Å². The predicted octanol–water partition coefficient (Wildman–Crippen LogP) is -1.54. The molecule has 184 valence electrons. The van der Waals surface area contributed by atoms with E-state index < -0.39 is 60.2 Å². The standard InChI is InChI=1S/C19H30N6O7S/c1-10(20)16(28)25-14(7-11-8-21-9-22-11)18(30)23-12(3-4-15(26)27)17(29)24-13(19(31)32)5-6-33-2/h8-10,12-14H,3-7,20H2,1-2H3,(H,21,22)(H,23,30)(H,24,29)(H,25,28)(H,26,27)(H,31,32). The van der Waals surface area contributed by atoms with Crippen LogP contribution in [0, 0.1) is 0 Å². The molecule has 0 aromatic carbocycles. The normalized spacial score (nSPS) is 14.4. The zero-order valence-electron chi connectivity index (χ0n) is 18.4. The highest BCUT2D eigenvalue weighted by atomic mass is 32.2. The number of imidazole rings is 1. The maximum Gasteiger partial charge on any atom is 0.326 e. The molecular formula is C19H30N6O7S. The Hall–Kier alpha value is -3.13. The number of H-pyrrole nitrogens is 1. The summed E-state index contributed by atoms with van der Waals surface area (Å²) in [6, 6.07) is -4.58. The highest BCUT2D eigenvalue weighted by Crippen LogP contribution is 2.06. The number of carbonyl (C=O) groups is 5. The molecule has 0 aliphatic heterocycles. The van der Waals surface area contributed by atoms with Crippen LogP contribution in [0.15, 0.2) is 12.5 Å². The molecule has 1 rings (SSSR count). The van der Waals surface area contributed by atoms with E-state index in [2.05, 4.69) is 25.9 Å². The number of aliphatic carboxylic acids is 2. The SMILES string of the molecule is CSCCC(NC(=O)C(CCC(=O)O)NC(=O)C(Cc1cnc[nH]1)NC(=O)C(C)N)C(=O)O. The minimum atomic E-state index is -1.33. The second kappa shape index (κ2) is 14.1. The molecule has 14 heteroatoms. The van der Waals surface area contributed by atoms with Crippen molar-refractivity contribution in [1.82, 2.24) is 25.9 Å². The molecule has 0 bridgehead atoms. The van der Waals surface area contributed by atoms with E-state index in [4.69, 9.17) is 10.8 Å². The summed E-state index contributed by atoms with van der Waals surface area (Å²) in [5.74, 6) is -4.18. The van der Waals surface area contributed by atoms with Crippen molar-refractivity contribution >= 4 is 41.4 Å². The van der Waals surface area contributed by atoms with Crippen LogP contribution in [0.4, 0.5) is 0 Å². The lowest BCUT2D eigenvalue weighted by Crippen LogP contribution is -2.57. The minimum absolute atomic E-state index is 0.00301. The molecule has 1 heterocycles. The van der Waals surface area contributed by atoms with Crippen LogP contribution >= 0.6 is 11.8 Å². The van der Waals surface area contributed by atoms with Gasteiger partial charge in [-0.05, 0) is 31.8 Å². The van der Waals surface area contributed by atoms with Crippen molar-refractivity contribution in [2.75, 3.05) is 12.0 Å². The number of amides is 3. The van der Waals surface area contributed by atoms with Gasteiger partial charge in [0.1, 0.15) is 18.1 Å². The summed E-state index contributed by atoms with van der Waals surface area (Å²) in [5.41, 5.74) is 6.08. The van der Waals surface area contributed by atoms with Gasteiger partial charge in [-0.25, -0.2) is 9.78 Å². The lowest BCUT2D eigenvalue weighted by molar-refractivity contribution is -0.143. The number of aromatic amines is 1. The Balaban J connectivity index is 3.01. The molecule has 0 saturated heterocycles. The van der Waals surface area contributed by atoms with Gasteiger partial charge in [-0.2, -0.15) is 11.8 Å². The summed E-state index contributed by atoms with van der Waals surface area (Å²) in [7, 11) is 0. The van der Waals surface area contributed by atoms with Gasteiger partial charge in [0.15, 0.2) is 0 Å². The molecule has 0 radical (unpaired) electrons. The van der Waals surface area contributed by atoms with Gasteiger partial charge in [0.25, 0.3) is 0 Å². The van der Waals surface area contributed by atoms with Crippen molar-refractivity contribution < 1.29 is 34.2 Å². The summed E-state index contributed by atoms with van der Waals surface area (Å²) in [4.78, 5) is 66.9. The molecule has 13 nitrogen and oxygen atoms in total. The number of carboxylic acids is 2. The third-order valence-electron chi connectivity index (χ3n) is 4.53.